The van der Waals surface area contributed by atoms with E-state index in [4.69, 9.17) is 39.5 Å². The van der Waals surface area contributed by atoms with Crippen LogP contribution in [-0.2, 0) is 26.2 Å². The summed E-state index contributed by atoms with van der Waals surface area (Å²) in [6.07, 6.45) is 0. The molecular weight excluding hydrogens is 609 g/mol. The Morgan fingerprint density at radius 2 is 1.56 bits per heavy atom. The number of hydrogen-bond donors (Lipinski definition) is 1. The van der Waals surface area contributed by atoms with E-state index in [1.54, 1.807) is 49.4 Å². The van der Waals surface area contributed by atoms with Gasteiger partial charge in [-0.1, -0.05) is 59.1 Å². The lowest BCUT2D eigenvalue weighted by molar-refractivity contribution is -0.140. The number of methoxy groups -OCH3 is 1. The average Bonchev–Trinajstić information content (AvgIpc) is 2.90. The second-order valence-corrected chi connectivity index (χ2v) is 13.4. The Kier molecular flexibility index (Phi) is 10.6. The van der Waals surface area contributed by atoms with E-state index in [2.05, 4.69) is 5.32 Å². The first kappa shape index (κ1) is 32.5. The van der Waals surface area contributed by atoms with Crippen LogP contribution in [0.15, 0.2) is 71.6 Å². The summed E-state index contributed by atoms with van der Waals surface area (Å²) in [6.45, 7) is 6.17. The third-order valence-corrected chi connectivity index (χ3v) is 8.79. The number of carbonyl (C=O) groups is 2. The van der Waals surface area contributed by atoms with Crippen molar-refractivity contribution in [1.29, 1.82) is 0 Å². The topological polar surface area (TPSA) is 96.0 Å². The van der Waals surface area contributed by atoms with Crippen molar-refractivity contribution in [1.82, 2.24) is 10.2 Å². The van der Waals surface area contributed by atoms with Gasteiger partial charge in [0.2, 0.25) is 11.8 Å². The highest BCUT2D eigenvalue weighted by Gasteiger charge is 2.35. The van der Waals surface area contributed by atoms with Crippen molar-refractivity contribution in [2.24, 2.45) is 0 Å². The Morgan fingerprint density at radius 1 is 0.951 bits per heavy atom. The Hall–Kier alpha value is -2.98. The van der Waals surface area contributed by atoms with Gasteiger partial charge in [0.05, 0.1) is 17.7 Å². The van der Waals surface area contributed by atoms with Gasteiger partial charge in [-0.2, -0.15) is 0 Å². The zero-order chi connectivity index (χ0) is 30.5. The number of amides is 2. The number of sulfonamides is 1. The maximum Gasteiger partial charge on any atom is 0.264 e. The molecule has 0 spiro atoms. The summed E-state index contributed by atoms with van der Waals surface area (Å²) in [5.74, 6) is -0.938. The first-order chi connectivity index (χ1) is 19.2. The lowest BCUT2D eigenvalue weighted by atomic mass is 10.1. The zero-order valence-electron chi connectivity index (χ0n) is 23.3. The summed E-state index contributed by atoms with van der Waals surface area (Å²) < 4.78 is 34.3. The summed E-state index contributed by atoms with van der Waals surface area (Å²) in [5, 5.41) is 3.69. The van der Waals surface area contributed by atoms with Crippen molar-refractivity contribution in [2.45, 2.75) is 50.7 Å². The number of nitrogens with zero attached hydrogens (tertiary/aromatic N) is 2. The van der Waals surface area contributed by atoms with Crippen LogP contribution in [0.3, 0.4) is 0 Å². The average molecular weight is 641 g/mol. The van der Waals surface area contributed by atoms with E-state index in [1.165, 1.54) is 36.3 Å². The van der Waals surface area contributed by atoms with E-state index in [0.29, 0.717) is 15.6 Å². The van der Waals surface area contributed by atoms with Crippen LogP contribution in [0.5, 0.6) is 5.75 Å². The van der Waals surface area contributed by atoms with E-state index in [0.717, 1.165) is 4.31 Å². The largest absolute Gasteiger partial charge is 0.495 e. The SMILES string of the molecule is COc1ccc(Cl)cc1N(CC(=O)N(Cc1c(Cl)cccc1Cl)[C@@H](C)C(=O)NC(C)(C)C)S(=O)(=O)c1ccccc1. The molecule has 41 heavy (non-hydrogen) atoms. The minimum absolute atomic E-state index is 0.0472. The highest BCUT2D eigenvalue weighted by atomic mass is 35.5. The van der Waals surface area contributed by atoms with Crippen LogP contribution in [0, 0.1) is 0 Å². The molecule has 0 radical (unpaired) electrons. The summed E-state index contributed by atoms with van der Waals surface area (Å²) in [4.78, 5) is 28.6. The molecule has 0 bridgehead atoms. The molecule has 0 saturated carbocycles. The Bertz CT molecular complexity index is 1490. The first-order valence-electron chi connectivity index (χ1n) is 12.6. The fourth-order valence-corrected chi connectivity index (χ4v) is 6.12. The van der Waals surface area contributed by atoms with Crippen LogP contribution in [0.1, 0.15) is 33.3 Å². The van der Waals surface area contributed by atoms with Gasteiger partial charge in [-0.05, 0) is 70.2 Å². The fraction of sp³-hybridized carbons (Fsp3) is 0.310. The zero-order valence-corrected chi connectivity index (χ0v) is 26.4. The predicted octanol–water partition coefficient (Wildman–Crippen LogP) is 6.18. The summed E-state index contributed by atoms with van der Waals surface area (Å²) in [5.41, 5.74) is -0.115. The molecule has 12 heteroatoms. The maximum absolute atomic E-state index is 14.1. The number of carbonyl (C=O) groups excluding carboxylic acids is 2. The van der Waals surface area contributed by atoms with Gasteiger partial charge in [0.1, 0.15) is 18.3 Å². The number of nitrogens with one attached hydrogen (secondary N) is 1. The van der Waals surface area contributed by atoms with Gasteiger partial charge in [0.15, 0.2) is 0 Å². The van der Waals surface area contributed by atoms with Crippen molar-refractivity contribution in [3.05, 3.63) is 87.4 Å². The minimum atomic E-state index is -4.30. The summed E-state index contributed by atoms with van der Waals surface area (Å²) in [7, 11) is -2.92. The fourth-order valence-electron chi connectivity index (χ4n) is 4.00. The van der Waals surface area contributed by atoms with Crippen LogP contribution in [-0.4, -0.2) is 50.4 Å². The van der Waals surface area contributed by atoms with Gasteiger partial charge in [0.25, 0.3) is 10.0 Å². The Morgan fingerprint density at radius 3 is 2.12 bits per heavy atom. The maximum atomic E-state index is 14.1. The van der Waals surface area contributed by atoms with Gasteiger partial charge >= 0.3 is 0 Å². The van der Waals surface area contributed by atoms with Crippen molar-refractivity contribution in [2.75, 3.05) is 18.0 Å². The number of rotatable bonds is 10. The highest BCUT2D eigenvalue weighted by molar-refractivity contribution is 7.92. The first-order valence-corrected chi connectivity index (χ1v) is 15.2. The van der Waals surface area contributed by atoms with Crippen molar-refractivity contribution >= 4 is 62.3 Å². The van der Waals surface area contributed by atoms with Gasteiger partial charge in [0, 0.05) is 32.7 Å². The molecule has 220 valence electrons. The molecule has 0 aliphatic carbocycles. The molecule has 0 aliphatic heterocycles. The van der Waals surface area contributed by atoms with E-state index in [9.17, 15) is 18.0 Å². The van der Waals surface area contributed by atoms with Crippen LogP contribution >= 0.6 is 34.8 Å². The van der Waals surface area contributed by atoms with Gasteiger partial charge in [-0.15, -0.1) is 0 Å². The second kappa shape index (κ2) is 13.3. The van der Waals surface area contributed by atoms with Crippen molar-refractivity contribution in [3.63, 3.8) is 0 Å². The number of benzene rings is 3. The molecule has 1 atom stereocenters. The van der Waals surface area contributed by atoms with Crippen molar-refractivity contribution in [3.8, 4) is 5.75 Å². The molecule has 3 aromatic carbocycles. The molecule has 3 rings (SSSR count). The van der Waals surface area contributed by atoms with E-state index < -0.39 is 40.0 Å². The Balaban J connectivity index is 2.14. The molecule has 0 aliphatic rings. The van der Waals surface area contributed by atoms with Gasteiger partial charge < -0.3 is 15.0 Å². The molecular formula is C29H32Cl3N3O5S. The van der Waals surface area contributed by atoms with Crippen molar-refractivity contribution < 1.29 is 22.7 Å². The van der Waals surface area contributed by atoms with Gasteiger partial charge in [-0.3, -0.25) is 13.9 Å². The standard InChI is InChI=1S/C29H32Cl3N3O5S/c1-19(28(37)33-29(2,3)4)34(17-22-23(31)12-9-13-24(22)32)27(36)18-35(25-16-20(30)14-15-26(25)40-5)41(38,39)21-10-7-6-8-11-21/h6-16,19H,17-18H2,1-5H3,(H,33,37)/t19-/m0/s1. The molecule has 1 N–H and O–H groups in total. The normalized spacial score (nSPS) is 12.4. The molecule has 0 heterocycles. The predicted molar refractivity (Wildman–Crippen MR) is 163 cm³/mol. The van der Waals surface area contributed by atoms with Crippen LogP contribution in [0.2, 0.25) is 15.1 Å². The van der Waals surface area contributed by atoms with E-state index >= 15 is 0 Å². The Labute approximate surface area is 256 Å². The lowest BCUT2D eigenvalue weighted by Gasteiger charge is -2.34. The number of hydrogen-bond acceptors (Lipinski definition) is 5. The number of anilines is 1. The molecule has 3 aromatic rings. The van der Waals surface area contributed by atoms with Crippen LogP contribution in [0.4, 0.5) is 5.69 Å². The molecule has 0 aromatic heterocycles. The van der Waals surface area contributed by atoms with E-state index in [1.807, 2.05) is 20.8 Å². The molecule has 8 nitrogen and oxygen atoms in total. The quantitative estimate of drug-likeness (QED) is 0.286. The minimum Gasteiger partial charge on any atom is -0.495 e. The second-order valence-electron chi connectivity index (χ2n) is 10.3. The number of ether oxygens (including phenoxy) is 1. The van der Waals surface area contributed by atoms with Crippen LogP contribution < -0.4 is 14.4 Å². The van der Waals surface area contributed by atoms with E-state index in [-0.39, 0.29) is 27.9 Å². The summed E-state index contributed by atoms with van der Waals surface area (Å²) in [6, 6.07) is 16.0. The highest BCUT2D eigenvalue weighted by Crippen LogP contribution is 2.35. The molecule has 0 fully saturated rings. The third kappa shape index (κ3) is 8.07. The van der Waals surface area contributed by atoms with Crippen LogP contribution in [0.25, 0.3) is 0 Å². The monoisotopic (exact) mass is 639 g/mol. The smallest absolute Gasteiger partial charge is 0.264 e. The summed E-state index contributed by atoms with van der Waals surface area (Å²) >= 11 is 19.1. The molecule has 0 unspecified atom stereocenters. The number of halogens is 3. The third-order valence-electron chi connectivity index (χ3n) is 6.08. The lowest BCUT2D eigenvalue weighted by Crippen LogP contribution is -2.54. The molecule has 2 amide bonds. The van der Waals surface area contributed by atoms with Gasteiger partial charge in [-0.25, -0.2) is 8.42 Å². The molecule has 0 saturated heterocycles.